The molecule has 1 heterocycles. The van der Waals surface area contributed by atoms with Gasteiger partial charge in [0.15, 0.2) is 0 Å². The molecule has 14 heteroatoms. The molecule has 0 radical (unpaired) electrons. The van der Waals surface area contributed by atoms with Crippen molar-refractivity contribution in [3.05, 3.63) is 35.9 Å². The Morgan fingerprint density at radius 1 is 0.873 bits per heavy atom. The summed E-state index contributed by atoms with van der Waals surface area (Å²) in [6.45, 7) is 12.9. The van der Waals surface area contributed by atoms with Crippen molar-refractivity contribution < 1.29 is 38.3 Å². The maximum absolute atomic E-state index is 14.2. The second-order valence-corrected chi connectivity index (χ2v) is 16.7. The fraction of sp³-hybridized carbons (Fsp3) is 0.683. The number of Topliss-reactive ketones (excluding diaryl/α,β-unsaturated/α-hetero) is 1. The third-order valence-electron chi connectivity index (χ3n) is 10.6. The topological polar surface area (TPSA) is 183 Å². The van der Waals surface area contributed by atoms with Gasteiger partial charge in [0.05, 0.1) is 12.6 Å². The van der Waals surface area contributed by atoms with Gasteiger partial charge >= 0.3 is 6.09 Å². The van der Waals surface area contributed by atoms with Crippen LogP contribution in [0.15, 0.2) is 30.3 Å². The summed E-state index contributed by atoms with van der Waals surface area (Å²) in [5.74, 6) is -4.09. The van der Waals surface area contributed by atoms with Crippen LogP contribution in [0, 0.1) is 17.3 Å². The Labute approximate surface area is 326 Å². The zero-order chi connectivity index (χ0) is 41.1. The molecule has 0 aromatic heterocycles. The summed E-state index contributed by atoms with van der Waals surface area (Å²) in [5.41, 5.74) is -0.440. The van der Waals surface area contributed by atoms with Crippen LogP contribution in [-0.4, -0.2) is 102 Å². The molecular formula is C41H64N6O8. The largest absolute Gasteiger partial charge is 0.444 e. The highest BCUT2D eigenvalue weighted by Crippen LogP contribution is 2.65. The molecule has 0 bridgehead atoms. The highest BCUT2D eigenvalue weighted by molar-refractivity contribution is 6.38. The molecule has 55 heavy (non-hydrogen) atoms. The number of hydrogen-bond donors (Lipinski definition) is 4. The van der Waals surface area contributed by atoms with E-state index in [1.54, 1.807) is 72.1 Å². The molecule has 6 amide bonds. The molecule has 1 aromatic rings. The van der Waals surface area contributed by atoms with E-state index in [1.807, 2.05) is 13.8 Å². The minimum Gasteiger partial charge on any atom is -0.444 e. The number of piperidine rings is 1. The van der Waals surface area contributed by atoms with Gasteiger partial charge in [-0.1, -0.05) is 103 Å². The van der Waals surface area contributed by atoms with E-state index >= 15 is 0 Å². The van der Waals surface area contributed by atoms with E-state index in [-0.39, 0.29) is 36.0 Å². The van der Waals surface area contributed by atoms with Crippen LogP contribution >= 0.6 is 0 Å². The van der Waals surface area contributed by atoms with Crippen LogP contribution in [0.4, 0.5) is 4.79 Å². The summed E-state index contributed by atoms with van der Waals surface area (Å²) in [4.78, 5) is 96.4. The number of likely N-dealkylation sites (N-methyl/N-ethyl adjacent to an activating group) is 1. The third kappa shape index (κ3) is 12.5. The first-order valence-electron chi connectivity index (χ1n) is 19.8. The summed E-state index contributed by atoms with van der Waals surface area (Å²) in [7, 11) is 3.14. The van der Waals surface area contributed by atoms with Crippen LogP contribution in [-0.2, 0) is 33.5 Å². The van der Waals surface area contributed by atoms with Crippen molar-refractivity contribution in [1.82, 2.24) is 31.1 Å². The molecule has 2 fully saturated rings. The number of carbonyl (C=O) groups excluding carboxylic acids is 7. The average Bonchev–Trinajstić information content (AvgIpc) is 3.42. The van der Waals surface area contributed by atoms with Crippen LogP contribution in [0.3, 0.4) is 0 Å². The van der Waals surface area contributed by atoms with Gasteiger partial charge in [0, 0.05) is 20.6 Å². The SMILES string of the molecule is CCCCCCCCC[C@H](NC(=O)[C@@H]1C2C(CN1C(=O)[C@H](CC)NC(=O)OC(C)(C)C)C2(C)C)C(=O)C(=O)NCC(=O)NC(C(=O)N(C)C)c1ccccc1. The lowest BCUT2D eigenvalue weighted by atomic mass is 9.97. The molecule has 3 unspecified atom stereocenters. The first-order valence-corrected chi connectivity index (χ1v) is 19.8. The van der Waals surface area contributed by atoms with E-state index < -0.39 is 71.8 Å². The third-order valence-corrected chi connectivity index (χ3v) is 10.6. The number of ketones is 1. The van der Waals surface area contributed by atoms with E-state index in [9.17, 15) is 33.6 Å². The van der Waals surface area contributed by atoms with Crippen molar-refractivity contribution in [2.75, 3.05) is 27.2 Å². The first-order chi connectivity index (χ1) is 25.8. The van der Waals surface area contributed by atoms with Gasteiger partial charge in [-0.2, -0.15) is 0 Å². The number of benzene rings is 1. The number of alkyl carbamates (subject to hydrolysis) is 1. The number of carbonyl (C=O) groups is 7. The Balaban J connectivity index is 1.75. The van der Waals surface area contributed by atoms with Crippen molar-refractivity contribution in [1.29, 1.82) is 0 Å². The zero-order valence-corrected chi connectivity index (χ0v) is 34.3. The number of rotatable bonds is 20. The summed E-state index contributed by atoms with van der Waals surface area (Å²) in [6.07, 6.45) is 6.45. The summed E-state index contributed by atoms with van der Waals surface area (Å²) >= 11 is 0. The van der Waals surface area contributed by atoms with Gasteiger partial charge in [-0.15, -0.1) is 0 Å². The predicted molar refractivity (Wildman–Crippen MR) is 208 cm³/mol. The molecule has 0 spiro atoms. The minimum atomic E-state index is -1.20. The number of hydrogen-bond acceptors (Lipinski definition) is 8. The number of fused-ring (bicyclic) bond motifs is 1. The van der Waals surface area contributed by atoms with Gasteiger partial charge < -0.3 is 35.8 Å². The molecule has 6 atom stereocenters. The van der Waals surface area contributed by atoms with Crippen LogP contribution in [0.2, 0.25) is 0 Å². The molecule has 2 aliphatic rings. The van der Waals surface area contributed by atoms with Crippen molar-refractivity contribution in [2.24, 2.45) is 17.3 Å². The molecule has 306 valence electrons. The predicted octanol–water partition coefficient (Wildman–Crippen LogP) is 4.03. The molecule has 3 rings (SSSR count). The molecule has 4 N–H and O–H groups in total. The lowest BCUT2D eigenvalue weighted by Crippen LogP contribution is -2.58. The van der Waals surface area contributed by atoms with E-state index in [0.29, 0.717) is 18.5 Å². The second-order valence-electron chi connectivity index (χ2n) is 16.7. The van der Waals surface area contributed by atoms with E-state index in [0.717, 1.165) is 38.5 Å². The number of amides is 6. The maximum atomic E-state index is 14.2. The average molecular weight is 769 g/mol. The van der Waals surface area contributed by atoms with Gasteiger partial charge in [-0.05, 0) is 56.4 Å². The van der Waals surface area contributed by atoms with E-state index in [2.05, 4.69) is 28.2 Å². The second kappa shape index (κ2) is 19.9. The van der Waals surface area contributed by atoms with Crippen molar-refractivity contribution in [3.8, 4) is 0 Å². The molecule has 1 aliphatic carbocycles. The van der Waals surface area contributed by atoms with Gasteiger partial charge in [0.25, 0.3) is 5.91 Å². The van der Waals surface area contributed by atoms with Crippen molar-refractivity contribution in [2.45, 2.75) is 136 Å². The summed E-state index contributed by atoms with van der Waals surface area (Å²) in [5, 5.41) is 10.5. The number of nitrogens with zero attached hydrogens (tertiary/aromatic N) is 2. The monoisotopic (exact) mass is 768 g/mol. The van der Waals surface area contributed by atoms with Gasteiger partial charge in [-0.3, -0.25) is 28.8 Å². The van der Waals surface area contributed by atoms with Crippen LogP contribution in [0.1, 0.15) is 118 Å². The van der Waals surface area contributed by atoms with Crippen LogP contribution < -0.4 is 21.3 Å². The van der Waals surface area contributed by atoms with Gasteiger partial charge in [0.2, 0.25) is 29.4 Å². The molecule has 1 aliphatic heterocycles. The Morgan fingerprint density at radius 3 is 2.07 bits per heavy atom. The lowest BCUT2D eigenvalue weighted by Gasteiger charge is -2.33. The lowest BCUT2D eigenvalue weighted by molar-refractivity contribution is -0.144. The summed E-state index contributed by atoms with van der Waals surface area (Å²) in [6, 6.07) is 4.64. The van der Waals surface area contributed by atoms with Crippen molar-refractivity contribution in [3.63, 3.8) is 0 Å². The molecular weight excluding hydrogens is 704 g/mol. The highest BCUT2D eigenvalue weighted by Gasteiger charge is 2.69. The van der Waals surface area contributed by atoms with Gasteiger partial charge in [-0.25, -0.2) is 4.79 Å². The van der Waals surface area contributed by atoms with E-state index in [1.165, 1.54) is 9.80 Å². The number of likely N-dealkylation sites (tertiary alicyclic amines) is 1. The van der Waals surface area contributed by atoms with Crippen LogP contribution in [0.25, 0.3) is 0 Å². The molecule has 1 saturated heterocycles. The normalized spacial score (nSPS) is 19.9. The minimum absolute atomic E-state index is 0.0457. The van der Waals surface area contributed by atoms with Crippen molar-refractivity contribution >= 4 is 41.4 Å². The van der Waals surface area contributed by atoms with E-state index in [4.69, 9.17) is 4.74 Å². The zero-order valence-electron chi connectivity index (χ0n) is 34.3. The Hall–Kier alpha value is -4.49. The number of nitrogens with one attached hydrogen (secondary N) is 4. The Bertz CT molecular complexity index is 1520. The molecule has 14 nitrogen and oxygen atoms in total. The van der Waals surface area contributed by atoms with Gasteiger partial charge in [0.1, 0.15) is 23.7 Å². The Kier molecular flexibility index (Phi) is 16.2. The number of unbranched alkanes of at least 4 members (excludes halogenated alkanes) is 6. The molecule has 1 saturated carbocycles. The molecule has 1 aromatic carbocycles. The standard InChI is InChI=1S/C41H64N6O8/c1-10-12-13-14-15-16-20-23-29(34(49)36(51)42-24-30(48)45-32(38(53)46(8)9)26-21-18-17-19-22-26)43-35(50)33-31-27(41(31,6)7)25-47(33)37(52)28(11-2)44-39(54)55-40(3,4)5/h17-19,21-22,27-29,31-33H,10-16,20,23-25H2,1-9H3,(H,42,51)(H,43,50)(H,44,54)(H,45,48)/t27?,28-,29-,31?,32?,33-/m0/s1. The highest BCUT2D eigenvalue weighted by atomic mass is 16.6. The maximum Gasteiger partial charge on any atom is 0.408 e. The number of ether oxygens (including phenoxy) is 1. The van der Waals surface area contributed by atoms with Crippen LogP contribution in [0.5, 0.6) is 0 Å². The quantitative estimate of drug-likeness (QED) is 0.113. The first kappa shape index (κ1) is 44.9. The Morgan fingerprint density at radius 2 is 1.49 bits per heavy atom. The fourth-order valence-electron chi connectivity index (χ4n) is 7.44. The summed E-state index contributed by atoms with van der Waals surface area (Å²) < 4.78 is 5.37. The fourth-order valence-corrected chi connectivity index (χ4v) is 7.44. The smallest absolute Gasteiger partial charge is 0.408 e.